The van der Waals surface area contributed by atoms with Crippen LogP contribution in [0.5, 0.6) is 0 Å². The first-order valence-electron chi connectivity index (χ1n) is 4.41. The van der Waals surface area contributed by atoms with E-state index in [1.54, 1.807) is 6.39 Å². The van der Waals surface area contributed by atoms with E-state index in [-0.39, 0.29) is 5.54 Å². The highest BCUT2D eigenvalue weighted by molar-refractivity contribution is 4.91. The number of aromatic nitrogens is 1. The summed E-state index contributed by atoms with van der Waals surface area (Å²) >= 11 is 0. The molecule has 0 fully saturated rings. The summed E-state index contributed by atoms with van der Waals surface area (Å²) in [5.74, 6) is 1.51. The number of oxazole rings is 1. The molecular formula is C10H18NO+. The average molecular weight is 168 g/mol. The molecule has 0 radical (unpaired) electrons. The maximum absolute atomic E-state index is 5.42. The van der Waals surface area contributed by atoms with E-state index >= 15 is 0 Å². The van der Waals surface area contributed by atoms with E-state index in [0.717, 1.165) is 5.76 Å². The third-order valence-electron chi connectivity index (χ3n) is 1.91. The standard InChI is InChI=1S/C10H18NO/c1-8(2)9-6-11(7-12-9)10(3,4)5/h6-8H,1-5H3/q+1. The molecule has 1 heterocycles. The molecule has 0 N–H and O–H groups in total. The molecule has 1 rings (SSSR count). The SMILES string of the molecule is CC(C)c1c[n+](C(C)(C)C)co1. The van der Waals surface area contributed by atoms with Gasteiger partial charge in [-0.25, -0.2) is 0 Å². The molecule has 0 aliphatic carbocycles. The van der Waals surface area contributed by atoms with Crippen molar-refractivity contribution in [1.82, 2.24) is 0 Å². The highest BCUT2D eigenvalue weighted by Crippen LogP contribution is 2.13. The van der Waals surface area contributed by atoms with Crippen molar-refractivity contribution in [2.24, 2.45) is 0 Å². The zero-order valence-corrected chi connectivity index (χ0v) is 8.59. The van der Waals surface area contributed by atoms with E-state index in [2.05, 4.69) is 45.4 Å². The van der Waals surface area contributed by atoms with Crippen molar-refractivity contribution < 1.29 is 8.98 Å². The molecule has 1 aromatic heterocycles. The normalized spacial score (nSPS) is 12.5. The number of nitrogens with zero attached hydrogens (tertiary/aromatic N) is 1. The molecule has 68 valence electrons. The quantitative estimate of drug-likeness (QED) is 0.589. The summed E-state index contributed by atoms with van der Waals surface area (Å²) in [5, 5.41) is 0. The van der Waals surface area contributed by atoms with Gasteiger partial charge in [0.05, 0.1) is 0 Å². The lowest BCUT2D eigenvalue weighted by atomic mass is 10.1. The van der Waals surface area contributed by atoms with Crippen LogP contribution in [0, 0.1) is 0 Å². The van der Waals surface area contributed by atoms with Gasteiger partial charge in [0, 0.05) is 26.7 Å². The minimum absolute atomic E-state index is 0.122. The van der Waals surface area contributed by atoms with Crippen LogP contribution in [0.4, 0.5) is 0 Å². The minimum Gasteiger partial charge on any atom is -0.409 e. The van der Waals surface area contributed by atoms with Crippen molar-refractivity contribution in [1.29, 1.82) is 0 Å². The predicted octanol–water partition coefficient (Wildman–Crippen LogP) is 2.45. The monoisotopic (exact) mass is 168 g/mol. The van der Waals surface area contributed by atoms with Crippen LogP contribution in [0.1, 0.15) is 46.3 Å². The molecule has 2 heteroatoms. The fraction of sp³-hybridized carbons (Fsp3) is 0.700. The van der Waals surface area contributed by atoms with Gasteiger partial charge in [-0.15, -0.1) is 0 Å². The number of hydrogen-bond acceptors (Lipinski definition) is 1. The molecule has 1 aromatic rings. The third-order valence-corrected chi connectivity index (χ3v) is 1.91. The van der Waals surface area contributed by atoms with Crippen molar-refractivity contribution in [3.05, 3.63) is 18.4 Å². The Morgan fingerprint density at radius 3 is 2.17 bits per heavy atom. The Morgan fingerprint density at radius 1 is 1.33 bits per heavy atom. The largest absolute Gasteiger partial charge is 0.409 e. The Hall–Kier alpha value is -0.790. The van der Waals surface area contributed by atoms with Crippen LogP contribution in [0.2, 0.25) is 0 Å². The van der Waals surface area contributed by atoms with Crippen molar-refractivity contribution >= 4 is 0 Å². The molecule has 0 aliphatic heterocycles. The van der Waals surface area contributed by atoms with Crippen LogP contribution in [0.15, 0.2) is 17.0 Å². The van der Waals surface area contributed by atoms with Crippen LogP contribution in [0.25, 0.3) is 0 Å². The lowest BCUT2D eigenvalue weighted by molar-refractivity contribution is -0.756. The summed E-state index contributed by atoms with van der Waals surface area (Å²) in [6.45, 7) is 10.7. The average Bonchev–Trinajstić information content (AvgIpc) is 2.30. The zero-order valence-electron chi connectivity index (χ0n) is 8.59. The van der Waals surface area contributed by atoms with Crippen LogP contribution in [-0.2, 0) is 5.54 Å². The van der Waals surface area contributed by atoms with E-state index in [0.29, 0.717) is 5.92 Å². The van der Waals surface area contributed by atoms with E-state index < -0.39 is 0 Å². The summed E-state index contributed by atoms with van der Waals surface area (Å²) in [7, 11) is 0. The van der Waals surface area contributed by atoms with Crippen LogP contribution < -0.4 is 4.57 Å². The van der Waals surface area contributed by atoms with Crippen LogP contribution >= 0.6 is 0 Å². The maximum Gasteiger partial charge on any atom is 0.335 e. The van der Waals surface area contributed by atoms with Gasteiger partial charge in [-0.1, -0.05) is 13.8 Å². The summed E-state index contributed by atoms with van der Waals surface area (Å²) in [6, 6.07) is 0. The second kappa shape index (κ2) is 2.92. The van der Waals surface area contributed by atoms with Crippen molar-refractivity contribution in [2.45, 2.75) is 46.1 Å². The minimum atomic E-state index is 0.122. The molecule has 0 atom stereocenters. The lowest BCUT2D eigenvalue weighted by Gasteiger charge is -2.08. The van der Waals surface area contributed by atoms with E-state index in [9.17, 15) is 0 Å². The van der Waals surface area contributed by atoms with E-state index in [1.807, 2.05) is 0 Å². The topological polar surface area (TPSA) is 17.0 Å². The summed E-state index contributed by atoms with van der Waals surface area (Å²) in [4.78, 5) is 0. The maximum atomic E-state index is 5.42. The van der Waals surface area contributed by atoms with Crippen LogP contribution in [0.3, 0.4) is 0 Å². The second-order valence-electron chi connectivity index (χ2n) is 4.49. The lowest BCUT2D eigenvalue weighted by Crippen LogP contribution is -2.48. The molecule has 0 aliphatic rings. The third kappa shape index (κ3) is 1.87. The van der Waals surface area contributed by atoms with Crippen LogP contribution in [-0.4, -0.2) is 0 Å². The van der Waals surface area contributed by atoms with Gasteiger partial charge >= 0.3 is 6.39 Å². The summed E-state index contributed by atoms with van der Waals surface area (Å²) in [6.07, 6.45) is 3.86. The molecule has 0 saturated heterocycles. The Kier molecular flexibility index (Phi) is 2.27. The van der Waals surface area contributed by atoms with Gasteiger partial charge in [-0.05, 0) is 0 Å². The van der Waals surface area contributed by atoms with Gasteiger partial charge in [0.15, 0.2) is 11.3 Å². The molecule has 2 nitrogen and oxygen atoms in total. The smallest absolute Gasteiger partial charge is 0.335 e. The molecule has 0 saturated carbocycles. The van der Waals surface area contributed by atoms with E-state index in [1.165, 1.54) is 0 Å². The Labute approximate surface area is 74.2 Å². The second-order valence-corrected chi connectivity index (χ2v) is 4.49. The van der Waals surface area contributed by atoms with Gasteiger partial charge < -0.3 is 4.42 Å². The molecule has 0 unspecified atom stereocenters. The van der Waals surface area contributed by atoms with Crippen molar-refractivity contribution in [3.63, 3.8) is 0 Å². The number of hydrogen-bond donors (Lipinski definition) is 0. The van der Waals surface area contributed by atoms with Crippen molar-refractivity contribution in [2.75, 3.05) is 0 Å². The highest BCUT2D eigenvalue weighted by atomic mass is 16.3. The molecule has 0 amide bonds. The van der Waals surface area contributed by atoms with Gasteiger partial charge in [-0.2, -0.15) is 4.57 Å². The number of rotatable bonds is 1. The first kappa shape index (κ1) is 9.30. The molecule has 0 aromatic carbocycles. The van der Waals surface area contributed by atoms with Gasteiger partial charge in [0.25, 0.3) is 0 Å². The molecule has 12 heavy (non-hydrogen) atoms. The first-order chi connectivity index (χ1) is 5.41. The zero-order chi connectivity index (χ0) is 9.35. The predicted molar refractivity (Wildman–Crippen MR) is 48.0 cm³/mol. The first-order valence-corrected chi connectivity index (χ1v) is 4.41. The molecule has 0 spiro atoms. The fourth-order valence-corrected chi connectivity index (χ4v) is 0.952. The Bertz CT molecular complexity index is 255. The van der Waals surface area contributed by atoms with E-state index in [4.69, 9.17) is 4.42 Å². The fourth-order valence-electron chi connectivity index (χ4n) is 0.952. The van der Waals surface area contributed by atoms with Crippen molar-refractivity contribution in [3.8, 4) is 0 Å². The summed E-state index contributed by atoms with van der Waals surface area (Å²) < 4.78 is 7.52. The van der Waals surface area contributed by atoms with Gasteiger partial charge in [0.1, 0.15) is 0 Å². The molecule has 0 bridgehead atoms. The summed E-state index contributed by atoms with van der Waals surface area (Å²) in [5.41, 5.74) is 0.122. The highest BCUT2D eigenvalue weighted by Gasteiger charge is 2.24. The Morgan fingerprint density at radius 2 is 1.92 bits per heavy atom. The van der Waals surface area contributed by atoms with Gasteiger partial charge in [-0.3, -0.25) is 0 Å². The Balaban J connectivity index is 2.92. The van der Waals surface area contributed by atoms with Gasteiger partial charge in [0.2, 0.25) is 6.20 Å². The molecular weight excluding hydrogens is 150 g/mol.